The predicted octanol–water partition coefficient (Wildman–Crippen LogP) is 10.1. The van der Waals surface area contributed by atoms with E-state index < -0.39 is 0 Å². The minimum atomic E-state index is 1.24. The molecule has 7 aromatic rings. The van der Waals surface area contributed by atoms with Gasteiger partial charge in [-0.05, 0) is 95.0 Å². The number of hydrogen-bond acceptors (Lipinski definition) is 0. The summed E-state index contributed by atoms with van der Waals surface area (Å²) in [6, 6.07) is 49.1. The van der Waals surface area contributed by atoms with Gasteiger partial charge in [-0.3, -0.25) is 0 Å². The lowest BCUT2D eigenvalue weighted by atomic mass is 9.94. The van der Waals surface area contributed by atoms with Crippen molar-refractivity contribution in [1.29, 1.82) is 0 Å². The normalized spacial score (nSPS) is 11.9. The lowest BCUT2D eigenvalue weighted by Crippen LogP contribution is -1.84. The Morgan fingerprint density at radius 1 is 0.278 bits per heavy atom. The first-order chi connectivity index (χ1) is 17.8. The Kier molecular flexibility index (Phi) is 4.03. The van der Waals surface area contributed by atoms with E-state index in [2.05, 4.69) is 133 Å². The molecule has 36 heavy (non-hydrogen) atoms. The van der Waals surface area contributed by atoms with Crippen LogP contribution in [-0.2, 0) is 0 Å². The van der Waals surface area contributed by atoms with E-state index in [4.69, 9.17) is 0 Å². The molecule has 0 unspecified atom stereocenters. The van der Waals surface area contributed by atoms with Crippen LogP contribution in [0.1, 0.15) is 0 Å². The zero-order chi connectivity index (χ0) is 23.6. The standard InChI is InChI=1S/C36H22/c1-2-8-30-25(6-1)16-17-27-20-26(18-19-31(27)30)23-12-14-24(15-13-23)29-21-28-7-5-11-34-32-9-3-4-10-33(32)35(22-29)36(28)34/h1-22H. The molecular formula is C36H22. The van der Waals surface area contributed by atoms with E-state index >= 15 is 0 Å². The maximum atomic E-state index is 2.37. The van der Waals surface area contributed by atoms with Crippen LogP contribution in [0.4, 0.5) is 0 Å². The molecular weight excluding hydrogens is 432 g/mol. The van der Waals surface area contributed by atoms with Gasteiger partial charge in [0.05, 0.1) is 0 Å². The van der Waals surface area contributed by atoms with Crippen molar-refractivity contribution in [1.82, 2.24) is 0 Å². The Hall–Kier alpha value is -4.68. The van der Waals surface area contributed by atoms with Gasteiger partial charge in [0.25, 0.3) is 0 Å². The summed E-state index contributed by atoms with van der Waals surface area (Å²) in [5.74, 6) is 0. The predicted molar refractivity (Wildman–Crippen MR) is 154 cm³/mol. The summed E-state index contributed by atoms with van der Waals surface area (Å²) >= 11 is 0. The Balaban J connectivity index is 1.21. The molecule has 0 saturated carbocycles. The molecule has 0 N–H and O–H groups in total. The van der Waals surface area contributed by atoms with Gasteiger partial charge in [-0.1, -0.05) is 115 Å². The molecule has 166 valence electrons. The highest BCUT2D eigenvalue weighted by atomic mass is 14.2. The summed E-state index contributed by atoms with van der Waals surface area (Å²) in [5, 5.41) is 7.87. The number of fused-ring (bicyclic) bond motifs is 6. The van der Waals surface area contributed by atoms with Crippen molar-refractivity contribution >= 4 is 32.3 Å². The Bertz CT molecular complexity index is 1970. The van der Waals surface area contributed by atoms with Crippen LogP contribution in [0.25, 0.3) is 76.8 Å². The lowest BCUT2D eigenvalue weighted by molar-refractivity contribution is 1.62. The molecule has 0 saturated heterocycles. The SMILES string of the molecule is c1ccc2c(c1)-c1cccc3cc(-c4ccc(-c5ccc6c(ccc7ccccc76)c5)cc4)cc-2c13. The topological polar surface area (TPSA) is 0 Å². The van der Waals surface area contributed by atoms with E-state index in [1.807, 2.05) is 0 Å². The van der Waals surface area contributed by atoms with Crippen LogP contribution in [0.3, 0.4) is 0 Å². The van der Waals surface area contributed by atoms with Crippen molar-refractivity contribution in [3.63, 3.8) is 0 Å². The van der Waals surface area contributed by atoms with Gasteiger partial charge in [0.1, 0.15) is 0 Å². The van der Waals surface area contributed by atoms with Gasteiger partial charge in [0, 0.05) is 0 Å². The van der Waals surface area contributed by atoms with Gasteiger partial charge in [0.15, 0.2) is 0 Å². The average Bonchev–Trinajstić information content (AvgIpc) is 3.28. The van der Waals surface area contributed by atoms with Gasteiger partial charge >= 0.3 is 0 Å². The van der Waals surface area contributed by atoms with E-state index in [0.717, 1.165) is 0 Å². The van der Waals surface area contributed by atoms with Crippen LogP contribution in [0.5, 0.6) is 0 Å². The van der Waals surface area contributed by atoms with E-state index in [9.17, 15) is 0 Å². The molecule has 0 aliphatic heterocycles. The number of rotatable bonds is 2. The van der Waals surface area contributed by atoms with Crippen molar-refractivity contribution < 1.29 is 0 Å². The monoisotopic (exact) mass is 454 g/mol. The molecule has 0 nitrogen and oxygen atoms in total. The summed E-state index contributed by atoms with van der Waals surface area (Å²) in [5.41, 5.74) is 10.4. The van der Waals surface area contributed by atoms with Crippen molar-refractivity contribution in [2.24, 2.45) is 0 Å². The fraction of sp³-hybridized carbons (Fsp3) is 0. The molecule has 0 bridgehead atoms. The summed E-state index contributed by atoms with van der Waals surface area (Å²) in [6.45, 7) is 0. The van der Waals surface area contributed by atoms with E-state index in [0.29, 0.717) is 0 Å². The van der Waals surface area contributed by atoms with Crippen LogP contribution >= 0.6 is 0 Å². The first-order valence-electron chi connectivity index (χ1n) is 12.5. The molecule has 8 rings (SSSR count). The summed E-state index contributed by atoms with van der Waals surface area (Å²) in [4.78, 5) is 0. The molecule has 0 amide bonds. The highest BCUT2D eigenvalue weighted by molar-refractivity contribution is 6.16. The molecule has 0 heterocycles. The minimum Gasteiger partial charge on any atom is -0.0616 e. The van der Waals surface area contributed by atoms with Crippen LogP contribution in [0, 0.1) is 0 Å². The Labute approximate surface area is 210 Å². The van der Waals surface area contributed by atoms with Crippen molar-refractivity contribution in [3.05, 3.63) is 133 Å². The maximum absolute atomic E-state index is 2.37. The van der Waals surface area contributed by atoms with Crippen LogP contribution in [0.2, 0.25) is 0 Å². The van der Waals surface area contributed by atoms with Crippen LogP contribution in [-0.4, -0.2) is 0 Å². The summed E-state index contributed by atoms with van der Waals surface area (Å²) < 4.78 is 0. The Morgan fingerprint density at radius 2 is 0.861 bits per heavy atom. The van der Waals surface area contributed by atoms with Crippen LogP contribution < -0.4 is 0 Å². The van der Waals surface area contributed by atoms with Crippen molar-refractivity contribution in [3.8, 4) is 44.5 Å². The van der Waals surface area contributed by atoms with Crippen LogP contribution in [0.15, 0.2) is 133 Å². The van der Waals surface area contributed by atoms with Crippen molar-refractivity contribution in [2.45, 2.75) is 0 Å². The van der Waals surface area contributed by atoms with Gasteiger partial charge in [0.2, 0.25) is 0 Å². The molecule has 0 heteroatoms. The number of hydrogen-bond donors (Lipinski definition) is 0. The smallest absolute Gasteiger partial charge is 0.00259 e. The highest BCUT2D eigenvalue weighted by Crippen LogP contribution is 2.48. The quantitative estimate of drug-likeness (QED) is 0.228. The molecule has 0 aromatic heterocycles. The second-order valence-electron chi connectivity index (χ2n) is 9.77. The zero-order valence-electron chi connectivity index (χ0n) is 19.7. The molecule has 0 radical (unpaired) electrons. The first kappa shape index (κ1) is 19.6. The third-order valence-electron chi connectivity index (χ3n) is 7.78. The van der Waals surface area contributed by atoms with Gasteiger partial charge < -0.3 is 0 Å². The molecule has 0 fully saturated rings. The molecule has 0 atom stereocenters. The van der Waals surface area contributed by atoms with E-state index in [-0.39, 0.29) is 0 Å². The minimum absolute atomic E-state index is 1.24. The summed E-state index contributed by atoms with van der Waals surface area (Å²) in [7, 11) is 0. The maximum Gasteiger partial charge on any atom is -0.00259 e. The first-order valence-corrected chi connectivity index (χ1v) is 12.5. The third-order valence-corrected chi connectivity index (χ3v) is 7.78. The van der Waals surface area contributed by atoms with E-state index in [1.54, 1.807) is 0 Å². The third kappa shape index (κ3) is 2.82. The zero-order valence-corrected chi connectivity index (χ0v) is 19.7. The molecule has 7 aromatic carbocycles. The second-order valence-corrected chi connectivity index (χ2v) is 9.77. The lowest BCUT2D eigenvalue weighted by Gasteiger charge is -2.10. The highest BCUT2D eigenvalue weighted by Gasteiger charge is 2.21. The van der Waals surface area contributed by atoms with Gasteiger partial charge in [-0.25, -0.2) is 0 Å². The van der Waals surface area contributed by atoms with Crippen molar-refractivity contribution in [2.75, 3.05) is 0 Å². The fourth-order valence-electron chi connectivity index (χ4n) is 6.03. The summed E-state index contributed by atoms with van der Waals surface area (Å²) in [6.07, 6.45) is 0. The number of benzene rings is 7. The van der Waals surface area contributed by atoms with Gasteiger partial charge in [-0.2, -0.15) is 0 Å². The average molecular weight is 455 g/mol. The largest absolute Gasteiger partial charge is 0.0616 e. The molecule has 0 spiro atoms. The van der Waals surface area contributed by atoms with Gasteiger partial charge in [-0.15, -0.1) is 0 Å². The fourth-order valence-corrected chi connectivity index (χ4v) is 6.03. The second kappa shape index (κ2) is 7.41. The van der Waals surface area contributed by atoms with E-state index in [1.165, 1.54) is 76.8 Å². The molecule has 1 aliphatic rings. The Morgan fingerprint density at radius 3 is 1.72 bits per heavy atom. The molecule has 1 aliphatic carbocycles.